The van der Waals surface area contributed by atoms with Crippen LogP contribution in [0.15, 0.2) is 4.47 Å². The summed E-state index contributed by atoms with van der Waals surface area (Å²) in [5.41, 5.74) is 1.85. The van der Waals surface area contributed by atoms with Gasteiger partial charge in [0.05, 0.1) is 23.0 Å². The number of fused-ring (bicyclic) bond motifs is 1. The predicted molar refractivity (Wildman–Crippen MR) is 111 cm³/mol. The molecule has 0 aliphatic heterocycles. The number of carbonyl (C=O) groups is 2. The second kappa shape index (κ2) is 8.62. The predicted octanol–water partition coefficient (Wildman–Crippen LogP) is 3.86. The fourth-order valence-electron chi connectivity index (χ4n) is 3.34. The Morgan fingerprint density at radius 2 is 2.21 bits per heavy atom. The van der Waals surface area contributed by atoms with Crippen LogP contribution in [0.25, 0.3) is 0 Å². The van der Waals surface area contributed by atoms with E-state index >= 15 is 0 Å². The van der Waals surface area contributed by atoms with Gasteiger partial charge in [-0.05, 0) is 65.4 Å². The molecule has 0 spiro atoms. The highest BCUT2D eigenvalue weighted by atomic mass is 79.9. The van der Waals surface area contributed by atoms with Crippen LogP contribution in [-0.2, 0) is 28.9 Å². The number of anilines is 1. The van der Waals surface area contributed by atoms with Crippen molar-refractivity contribution in [2.45, 2.75) is 46.6 Å². The molecule has 29 heavy (non-hydrogen) atoms. The first kappa shape index (κ1) is 21.4. The first-order valence-electron chi connectivity index (χ1n) is 9.21. The molecule has 0 saturated carbocycles. The maximum atomic E-state index is 12.6. The molecule has 1 N–H and O–H groups in total. The molecule has 1 aliphatic rings. The molecule has 1 amide bonds. The molecule has 0 aromatic carbocycles. The Hall–Kier alpha value is -2.27. The molecule has 0 bridgehead atoms. The molecule has 9 nitrogen and oxygen atoms in total. The van der Waals surface area contributed by atoms with Crippen molar-refractivity contribution in [3.63, 3.8) is 0 Å². The minimum Gasteiger partial charge on any atom is -0.462 e. The molecule has 3 rings (SSSR count). The second-order valence-corrected chi connectivity index (χ2v) is 8.86. The monoisotopic (exact) mass is 484 g/mol. The van der Waals surface area contributed by atoms with Crippen LogP contribution in [-0.4, -0.2) is 33.2 Å². The fourth-order valence-corrected chi connectivity index (χ4v) is 5.18. The molecule has 1 aliphatic carbocycles. The van der Waals surface area contributed by atoms with Gasteiger partial charge in [0, 0.05) is 4.88 Å². The van der Waals surface area contributed by atoms with Gasteiger partial charge in [0.15, 0.2) is 0 Å². The third kappa shape index (κ3) is 4.35. The molecule has 1 atom stereocenters. The zero-order valence-electron chi connectivity index (χ0n) is 16.3. The van der Waals surface area contributed by atoms with Gasteiger partial charge in [-0.3, -0.25) is 4.79 Å². The lowest BCUT2D eigenvalue weighted by atomic mass is 9.88. The number of esters is 1. The number of nitrogens with one attached hydrogen (secondary N) is 1. The topological polar surface area (TPSA) is 116 Å². The zero-order chi connectivity index (χ0) is 21.3. The van der Waals surface area contributed by atoms with Gasteiger partial charge < -0.3 is 20.2 Å². The number of carbonyl (C=O) groups excluding carboxylic acids is 2. The summed E-state index contributed by atoms with van der Waals surface area (Å²) >= 11 is 4.53. The van der Waals surface area contributed by atoms with Crippen LogP contribution in [0, 0.1) is 23.0 Å². The molecule has 0 radical (unpaired) electrons. The van der Waals surface area contributed by atoms with Gasteiger partial charge in [-0.1, -0.05) is 6.92 Å². The van der Waals surface area contributed by atoms with Gasteiger partial charge in [0.1, 0.15) is 16.0 Å². The van der Waals surface area contributed by atoms with Crippen LogP contribution in [0.1, 0.15) is 46.8 Å². The summed E-state index contributed by atoms with van der Waals surface area (Å²) in [5, 5.41) is 18.2. The number of amides is 1. The lowest BCUT2D eigenvalue weighted by Crippen LogP contribution is -2.21. The number of ether oxygens (including phenoxy) is 1. The summed E-state index contributed by atoms with van der Waals surface area (Å²) in [7, 11) is 0. The minimum absolute atomic E-state index is 0.209. The van der Waals surface area contributed by atoms with E-state index in [0.29, 0.717) is 22.2 Å². The SMILES string of the molecule is CCOC(=O)c1c(NC(=O)Cn2nc([N+](=O)[O-])c(Br)c2C)sc2c1CC[C@H](C)C2. The van der Waals surface area contributed by atoms with Crippen molar-refractivity contribution in [2.24, 2.45) is 5.92 Å². The highest BCUT2D eigenvalue weighted by molar-refractivity contribution is 9.10. The third-order valence-electron chi connectivity index (χ3n) is 4.83. The molecular weight excluding hydrogens is 464 g/mol. The van der Waals surface area contributed by atoms with Gasteiger partial charge in [0.25, 0.3) is 0 Å². The summed E-state index contributed by atoms with van der Waals surface area (Å²) < 4.78 is 6.70. The molecule has 0 unspecified atom stereocenters. The smallest absolute Gasteiger partial charge is 0.404 e. The van der Waals surface area contributed by atoms with Crippen LogP contribution < -0.4 is 5.32 Å². The highest BCUT2D eigenvalue weighted by Gasteiger charge is 2.30. The van der Waals surface area contributed by atoms with E-state index in [1.807, 2.05) is 0 Å². The van der Waals surface area contributed by atoms with E-state index in [4.69, 9.17) is 4.74 Å². The molecule has 0 fully saturated rings. The van der Waals surface area contributed by atoms with E-state index in [0.717, 1.165) is 29.7 Å². The van der Waals surface area contributed by atoms with E-state index in [1.165, 1.54) is 16.0 Å². The molecule has 11 heteroatoms. The Kier molecular flexibility index (Phi) is 6.37. The van der Waals surface area contributed by atoms with Crippen LogP contribution in [0.2, 0.25) is 0 Å². The number of nitrogens with zero attached hydrogens (tertiary/aromatic N) is 3. The number of thiophene rings is 1. The Balaban J connectivity index is 1.86. The zero-order valence-corrected chi connectivity index (χ0v) is 18.7. The Morgan fingerprint density at radius 1 is 1.48 bits per heavy atom. The van der Waals surface area contributed by atoms with E-state index < -0.39 is 16.8 Å². The molecular formula is C18H21BrN4O5S. The number of aromatic nitrogens is 2. The largest absolute Gasteiger partial charge is 0.462 e. The van der Waals surface area contributed by atoms with Crippen LogP contribution in [0.3, 0.4) is 0 Å². The minimum atomic E-state index is -0.612. The van der Waals surface area contributed by atoms with E-state index in [9.17, 15) is 19.7 Å². The van der Waals surface area contributed by atoms with Gasteiger partial charge in [-0.2, -0.15) is 4.68 Å². The summed E-state index contributed by atoms with van der Waals surface area (Å²) in [6.07, 6.45) is 2.61. The molecule has 2 heterocycles. The molecule has 156 valence electrons. The number of rotatable bonds is 6. The third-order valence-corrected chi connectivity index (χ3v) is 6.93. The fraction of sp³-hybridized carbons (Fsp3) is 0.500. The van der Waals surface area contributed by atoms with Crippen molar-refractivity contribution in [1.82, 2.24) is 9.78 Å². The van der Waals surface area contributed by atoms with Crippen molar-refractivity contribution in [3.8, 4) is 0 Å². The summed E-state index contributed by atoms with van der Waals surface area (Å²) in [4.78, 5) is 36.7. The van der Waals surface area contributed by atoms with Crippen molar-refractivity contribution < 1.29 is 19.2 Å². The molecule has 2 aromatic heterocycles. The number of nitro groups is 1. The van der Waals surface area contributed by atoms with Gasteiger partial charge in [0.2, 0.25) is 5.91 Å². The van der Waals surface area contributed by atoms with Crippen molar-refractivity contribution in [3.05, 3.63) is 36.3 Å². The van der Waals surface area contributed by atoms with E-state index in [1.54, 1.807) is 13.8 Å². The van der Waals surface area contributed by atoms with Crippen LogP contribution >= 0.6 is 27.3 Å². The normalized spacial score (nSPS) is 15.7. The van der Waals surface area contributed by atoms with Gasteiger partial charge in [-0.15, -0.1) is 11.3 Å². The number of hydrogen-bond donors (Lipinski definition) is 1. The lowest BCUT2D eigenvalue weighted by molar-refractivity contribution is -0.390. The first-order chi connectivity index (χ1) is 13.7. The summed E-state index contributed by atoms with van der Waals surface area (Å²) in [6, 6.07) is 0. The lowest BCUT2D eigenvalue weighted by Gasteiger charge is -2.18. The second-order valence-electron chi connectivity index (χ2n) is 6.96. The molecule has 0 saturated heterocycles. The number of hydrogen-bond acceptors (Lipinski definition) is 7. The van der Waals surface area contributed by atoms with E-state index in [2.05, 4.69) is 33.3 Å². The van der Waals surface area contributed by atoms with Crippen molar-refractivity contribution >= 4 is 50.0 Å². The van der Waals surface area contributed by atoms with E-state index in [-0.39, 0.29) is 23.4 Å². The Bertz CT molecular complexity index is 984. The van der Waals surface area contributed by atoms with Crippen molar-refractivity contribution in [1.29, 1.82) is 0 Å². The summed E-state index contributed by atoms with van der Waals surface area (Å²) in [6.45, 7) is 5.57. The summed E-state index contributed by atoms with van der Waals surface area (Å²) in [5.74, 6) is -0.689. The van der Waals surface area contributed by atoms with Crippen LogP contribution in [0.4, 0.5) is 10.8 Å². The van der Waals surface area contributed by atoms with Crippen molar-refractivity contribution in [2.75, 3.05) is 11.9 Å². The Labute approximate surface area is 179 Å². The van der Waals surface area contributed by atoms with Gasteiger partial charge >= 0.3 is 11.8 Å². The quantitative estimate of drug-likeness (QED) is 0.377. The Morgan fingerprint density at radius 3 is 2.83 bits per heavy atom. The van der Waals surface area contributed by atoms with Crippen LogP contribution in [0.5, 0.6) is 0 Å². The molecule has 2 aromatic rings. The highest BCUT2D eigenvalue weighted by Crippen LogP contribution is 2.40. The maximum Gasteiger partial charge on any atom is 0.404 e. The first-order valence-corrected chi connectivity index (χ1v) is 10.8. The maximum absolute atomic E-state index is 12.6. The van der Waals surface area contributed by atoms with Gasteiger partial charge in [-0.25, -0.2) is 4.79 Å². The average molecular weight is 485 g/mol. The average Bonchev–Trinajstić information content (AvgIpc) is 3.13. The number of halogens is 1. The standard InChI is InChI=1S/C18H21BrN4O5S/c1-4-28-18(25)14-11-6-5-9(2)7-12(11)29-17(14)20-13(24)8-22-10(3)15(19)16(21-22)23(26)27/h9H,4-8H2,1-3H3,(H,20,24)/t9-/m0/s1.